The number of rotatable bonds is 3. The Kier molecular flexibility index (Phi) is 2.61. The fraction of sp³-hybridized carbons (Fsp3) is 0.545. The third-order valence-electron chi connectivity index (χ3n) is 3.34. The molecular formula is C11H12F3N5. The van der Waals surface area contributed by atoms with E-state index >= 15 is 0 Å². The van der Waals surface area contributed by atoms with Gasteiger partial charge in [0.15, 0.2) is 5.65 Å². The molecule has 2 aromatic rings. The third-order valence-corrected chi connectivity index (χ3v) is 3.34. The summed E-state index contributed by atoms with van der Waals surface area (Å²) in [7, 11) is 0. The van der Waals surface area contributed by atoms with E-state index in [9.17, 15) is 13.2 Å². The molecule has 1 saturated carbocycles. The molecule has 2 atom stereocenters. The highest BCUT2D eigenvalue weighted by atomic mass is 19.4. The lowest BCUT2D eigenvalue weighted by Crippen LogP contribution is -2.14. The molecule has 3 rings (SSSR count). The number of halogens is 3. The highest BCUT2D eigenvalue weighted by Gasteiger charge is 2.37. The quantitative estimate of drug-likeness (QED) is 0.930. The monoisotopic (exact) mass is 271 g/mol. The van der Waals surface area contributed by atoms with Crippen molar-refractivity contribution in [3.63, 3.8) is 0 Å². The molecule has 1 aliphatic rings. The third kappa shape index (κ3) is 2.34. The zero-order valence-electron chi connectivity index (χ0n) is 10.1. The standard InChI is InChI=1S/C11H12F3N5/c1-6-4-7(6)5-15-8-2-3-9-16-17-10(11(12,13)14)19(9)18-8/h2-3,6-7H,4-5H2,1H3,(H,15,18)/t6-,7-/m1/s1. The lowest BCUT2D eigenvalue weighted by atomic mass is 10.3. The van der Waals surface area contributed by atoms with Crippen LogP contribution in [0.5, 0.6) is 0 Å². The van der Waals surface area contributed by atoms with Crippen LogP contribution in [0.1, 0.15) is 19.2 Å². The van der Waals surface area contributed by atoms with Crippen LogP contribution >= 0.6 is 0 Å². The summed E-state index contributed by atoms with van der Waals surface area (Å²) in [4.78, 5) is 0. The van der Waals surface area contributed by atoms with Crippen molar-refractivity contribution in [3.05, 3.63) is 18.0 Å². The van der Waals surface area contributed by atoms with E-state index in [1.165, 1.54) is 6.07 Å². The molecule has 2 aromatic heterocycles. The summed E-state index contributed by atoms with van der Waals surface area (Å²) in [6.45, 7) is 2.87. The summed E-state index contributed by atoms with van der Waals surface area (Å²) in [6, 6.07) is 3.07. The van der Waals surface area contributed by atoms with Gasteiger partial charge in [-0.2, -0.15) is 17.7 Å². The van der Waals surface area contributed by atoms with E-state index in [-0.39, 0.29) is 5.65 Å². The van der Waals surface area contributed by atoms with Gasteiger partial charge < -0.3 is 5.32 Å². The maximum Gasteiger partial charge on any atom is 0.453 e. The summed E-state index contributed by atoms with van der Waals surface area (Å²) < 4.78 is 38.7. The maximum atomic E-state index is 12.7. The summed E-state index contributed by atoms with van der Waals surface area (Å²) in [5.74, 6) is 0.556. The van der Waals surface area contributed by atoms with Crippen LogP contribution in [0.2, 0.25) is 0 Å². The lowest BCUT2D eigenvalue weighted by Gasteiger charge is -2.06. The van der Waals surface area contributed by atoms with Crippen molar-refractivity contribution >= 4 is 11.5 Å². The number of nitrogens with zero attached hydrogens (tertiary/aromatic N) is 4. The molecule has 0 amide bonds. The van der Waals surface area contributed by atoms with Gasteiger partial charge in [-0.3, -0.25) is 0 Å². The van der Waals surface area contributed by atoms with Crippen molar-refractivity contribution in [2.45, 2.75) is 19.5 Å². The molecule has 102 valence electrons. The highest BCUT2D eigenvalue weighted by Crippen LogP contribution is 2.37. The van der Waals surface area contributed by atoms with E-state index in [4.69, 9.17) is 0 Å². The number of hydrogen-bond acceptors (Lipinski definition) is 4. The summed E-state index contributed by atoms with van der Waals surface area (Å²) in [5.41, 5.74) is 0.0812. The second-order valence-corrected chi connectivity index (χ2v) is 4.86. The zero-order chi connectivity index (χ0) is 13.6. The van der Waals surface area contributed by atoms with Gasteiger partial charge >= 0.3 is 6.18 Å². The number of anilines is 1. The first-order valence-corrected chi connectivity index (χ1v) is 5.98. The van der Waals surface area contributed by atoms with Crippen LogP contribution in [-0.2, 0) is 6.18 Å². The van der Waals surface area contributed by atoms with Crippen molar-refractivity contribution < 1.29 is 13.2 Å². The SMILES string of the molecule is C[C@@H]1C[C@@H]1CNc1ccc2nnc(C(F)(F)F)n2n1. The average Bonchev–Trinajstić information content (AvgIpc) is 2.88. The fourth-order valence-electron chi connectivity index (χ4n) is 1.98. The van der Waals surface area contributed by atoms with E-state index in [0.29, 0.717) is 17.7 Å². The molecule has 0 spiro atoms. The topological polar surface area (TPSA) is 55.1 Å². The predicted molar refractivity (Wildman–Crippen MR) is 61.5 cm³/mol. The van der Waals surface area contributed by atoms with Crippen LogP contribution in [0.4, 0.5) is 19.0 Å². The molecule has 0 aliphatic heterocycles. The van der Waals surface area contributed by atoms with Crippen LogP contribution in [0.3, 0.4) is 0 Å². The van der Waals surface area contributed by atoms with Crippen molar-refractivity contribution in [2.24, 2.45) is 11.8 Å². The van der Waals surface area contributed by atoms with Gasteiger partial charge in [0, 0.05) is 6.54 Å². The van der Waals surface area contributed by atoms with Crippen molar-refractivity contribution in [2.75, 3.05) is 11.9 Å². The Hall–Kier alpha value is -1.86. The van der Waals surface area contributed by atoms with Crippen molar-refractivity contribution in [3.8, 4) is 0 Å². The Morgan fingerprint density at radius 3 is 2.74 bits per heavy atom. The average molecular weight is 271 g/mol. The van der Waals surface area contributed by atoms with Gasteiger partial charge in [0.25, 0.3) is 5.82 Å². The van der Waals surface area contributed by atoms with Gasteiger partial charge in [-0.25, -0.2) is 0 Å². The minimum absolute atomic E-state index is 0.0812. The molecular weight excluding hydrogens is 259 g/mol. The predicted octanol–water partition coefficient (Wildman–Crippen LogP) is 2.21. The van der Waals surface area contributed by atoms with Gasteiger partial charge in [-0.05, 0) is 30.4 Å². The van der Waals surface area contributed by atoms with E-state index in [1.807, 2.05) is 0 Å². The molecule has 2 heterocycles. The number of alkyl halides is 3. The van der Waals surface area contributed by atoms with E-state index in [2.05, 4.69) is 27.5 Å². The molecule has 0 unspecified atom stereocenters. The first-order valence-electron chi connectivity index (χ1n) is 5.98. The van der Waals surface area contributed by atoms with Crippen LogP contribution < -0.4 is 5.32 Å². The molecule has 1 fully saturated rings. The minimum Gasteiger partial charge on any atom is -0.368 e. The summed E-state index contributed by atoms with van der Waals surface area (Å²) in [6.07, 6.45) is -3.41. The molecule has 1 aliphatic carbocycles. The van der Waals surface area contributed by atoms with E-state index < -0.39 is 12.0 Å². The zero-order valence-corrected chi connectivity index (χ0v) is 10.1. The Morgan fingerprint density at radius 1 is 1.37 bits per heavy atom. The van der Waals surface area contributed by atoms with E-state index in [1.54, 1.807) is 6.07 Å². The second kappa shape index (κ2) is 4.07. The Balaban J connectivity index is 1.86. The Morgan fingerprint density at radius 2 is 2.11 bits per heavy atom. The minimum atomic E-state index is -4.56. The molecule has 0 saturated heterocycles. The highest BCUT2D eigenvalue weighted by molar-refractivity contribution is 5.44. The number of aromatic nitrogens is 4. The largest absolute Gasteiger partial charge is 0.453 e. The number of nitrogens with one attached hydrogen (secondary N) is 1. The van der Waals surface area contributed by atoms with Crippen LogP contribution in [0.15, 0.2) is 12.1 Å². The van der Waals surface area contributed by atoms with Gasteiger partial charge in [-0.1, -0.05) is 6.92 Å². The first-order chi connectivity index (χ1) is 8.95. The van der Waals surface area contributed by atoms with Gasteiger partial charge in [0.05, 0.1) is 0 Å². The normalized spacial score (nSPS) is 22.7. The maximum absolute atomic E-state index is 12.7. The molecule has 1 N–H and O–H groups in total. The van der Waals surface area contributed by atoms with Gasteiger partial charge in [0.1, 0.15) is 5.82 Å². The lowest BCUT2D eigenvalue weighted by molar-refractivity contribution is -0.146. The van der Waals surface area contributed by atoms with Gasteiger partial charge in [-0.15, -0.1) is 15.3 Å². The number of fused-ring (bicyclic) bond motifs is 1. The van der Waals surface area contributed by atoms with Crippen LogP contribution in [0.25, 0.3) is 5.65 Å². The molecule has 0 radical (unpaired) electrons. The molecule has 8 heteroatoms. The Labute approximate surface area is 106 Å². The fourth-order valence-corrected chi connectivity index (χ4v) is 1.98. The summed E-state index contributed by atoms with van der Waals surface area (Å²) in [5, 5.41) is 13.5. The molecule has 0 aromatic carbocycles. The van der Waals surface area contributed by atoms with Crippen molar-refractivity contribution in [1.82, 2.24) is 19.8 Å². The Bertz CT molecular complexity index is 606. The van der Waals surface area contributed by atoms with Crippen LogP contribution in [0, 0.1) is 11.8 Å². The van der Waals surface area contributed by atoms with E-state index in [0.717, 1.165) is 17.5 Å². The summed E-state index contributed by atoms with van der Waals surface area (Å²) >= 11 is 0. The van der Waals surface area contributed by atoms with Gasteiger partial charge in [0.2, 0.25) is 0 Å². The smallest absolute Gasteiger partial charge is 0.368 e. The first kappa shape index (κ1) is 12.2. The van der Waals surface area contributed by atoms with Crippen molar-refractivity contribution in [1.29, 1.82) is 0 Å². The molecule has 5 nitrogen and oxygen atoms in total. The second-order valence-electron chi connectivity index (χ2n) is 4.86. The number of hydrogen-bond donors (Lipinski definition) is 1. The molecule has 0 bridgehead atoms. The molecule has 19 heavy (non-hydrogen) atoms. The van der Waals surface area contributed by atoms with Crippen LogP contribution in [-0.4, -0.2) is 26.4 Å².